The molecule has 0 radical (unpaired) electrons. The van der Waals surface area contributed by atoms with Crippen LogP contribution in [0.4, 0.5) is 11.6 Å². The van der Waals surface area contributed by atoms with Crippen molar-refractivity contribution in [3.63, 3.8) is 0 Å². The van der Waals surface area contributed by atoms with Gasteiger partial charge in [0.15, 0.2) is 0 Å². The molecule has 0 spiro atoms. The Morgan fingerprint density at radius 1 is 1.24 bits per heavy atom. The van der Waals surface area contributed by atoms with Gasteiger partial charge in [0.1, 0.15) is 17.5 Å². The first-order chi connectivity index (χ1) is 10.2. The Labute approximate surface area is 126 Å². The van der Waals surface area contributed by atoms with Gasteiger partial charge in [0.05, 0.1) is 0 Å². The summed E-state index contributed by atoms with van der Waals surface area (Å²) in [5, 5.41) is 0. The van der Waals surface area contributed by atoms with E-state index in [1.54, 1.807) is 0 Å². The first-order valence-corrected chi connectivity index (χ1v) is 8.02. The molecule has 6 heteroatoms. The van der Waals surface area contributed by atoms with Crippen molar-refractivity contribution in [2.75, 3.05) is 36.5 Å². The molecule has 3 N–H and O–H groups in total. The van der Waals surface area contributed by atoms with Crippen LogP contribution in [0.2, 0.25) is 0 Å². The van der Waals surface area contributed by atoms with Crippen molar-refractivity contribution >= 4 is 11.6 Å². The molecule has 0 bridgehead atoms. The molecule has 2 aliphatic heterocycles. The number of fused-ring (bicyclic) bond motifs is 1. The van der Waals surface area contributed by atoms with E-state index in [-0.39, 0.29) is 0 Å². The molecule has 21 heavy (non-hydrogen) atoms. The molecule has 2 saturated heterocycles. The topological polar surface area (TPSA) is 70.3 Å². The highest BCUT2D eigenvalue weighted by molar-refractivity contribution is 5.49. The summed E-state index contributed by atoms with van der Waals surface area (Å²) in [6.45, 7) is 8.83. The first kappa shape index (κ1) is 14.5. The van der Waals surface area contributed by atoms with Crippen LogP contribution in [-0.2, 0) is 0 Å². The Bertz CT molecular complexity index is 489. The van der Waals surface area contributed by atoms with E-state index in [4.69, 9.17) is 10.8 Å². The van der Waals surface area contributed by atoms with Crippen LogP contribution in [0.5, 0.6) is 0 Å². The maximum atomic E-state index is 5.57. The largest absolute Gasteiger partial charge is 0.355 e. The number of hydrogen-bond donors (Lipinski definition) is 2. The number of aromatic nitrogens is 2. The lowest BCUT2D eigenvalue weighted by Crippen LogP contribution is -2.37. The fourth-order valence-electron chi connectivity index (χ4n) is 3.36. The third-order valence-electron chi connectivity index (χ3n) is 4.52. The third kappa shape index (κ3) is 3.11. The first-order valence-electron chi connectivity index (χ1n) is 8.02. The molecule has 0 saturated carbocycles. The number of hydrazine groups is 1. The van der Waals surface area contributed by atoms with Crippen LogP contribution in [0, 0.1) is 0 Å². The summed E-state index contributed by atoms with van der Waals surface area (Å²) in [5.41, 5.74) is 2.68. The van der Waals surface area contributed by atoms with Crippen LogP contribution in [0.25, 0.3) is 0 Å². The number of hydrogen-bond acceptors (Lipinski definition) is 6. The summed E-state index contributed by atoms with van der Waals surface area (Å²) in [7, 11) is 0. The number of nitrogen functional groups attached to an aromatic ring is 1. The molecule has 1 aromatic heterocycles. The van der Waals surface area contributed by atoms with Crippen LogP contribution in [0.3, 0.4) is 0 Å². The number of nitrogens with zero attached hydrogens (tertiary/aromatic N) is 4. The van der Waals surface area contributed by atoms with Crippen LogP contribution in [0.15, 0.2) is 6.07 Å². The standard InChI is InChI=1S/C15H26N6/c1-11(2)15-17-13(19-16)9-14(18-15)21-8-4-7-20-6-3-5-12(20)10-21/h9,11-12H,3-8,10,16H2,1-2H3,(H,17,18,19). The normalized spacial score (nSPS) is 23.2. The van der Waals surface area contributed by atoms with Gasteiger partial charge in [-0.25, -0.2) is 15.8 Å². The molecular weight excluding hydrogens is 264 g/mol. The molecule has 2 aliphatic rings. The molecule has 0 aliphatic carbocycles. The zero-order valence-electron chi connectivity index (χ0n) is 13.0. The van der Waals surface area contributed by atoms with Crippen molar-refractivity contribution in [1.82, 2.24) is 14.9 Å². The number of rotatable bonds is 3. The second-order valence-corrected chi connectivity index (χ2v) is 6.40. The number of nitrogens with two attached hydrogens (primary N) is 1. The molecule has 0 aromatic carbocycles. The molecular formula is C15H26N6. The third-order valence-corrected chi connectivity index (χ3v) is 4.52. The Balaban J connectivity index is 1.86. The lowest BCUT2D eigenvalue weighted by atomic mass is 10.2. The van der Waals surface area contributed by atoms with Crippen LogP contribution >= 0.6 is 0 Å². The van der Waals surface area contributed by atoms with Gasteiger partial charge < -0.3 is 10.3 Å². The van der Waals surface area contributed by atoms with Crippen molar-refractivity contribution < 1.29 is 0 Å². The van der Waals surface area contributed by atoms with Gasteiger partial charge in [-0.2, -0.15) is 0 Å². The van der Waals surface area contributed by atoms with E-state index in [0.717, 1.165) is 24.7 Å². The Morgan fingerprint density at radius 3 is 2.81 bits per heavy atom. The summed E-state index contributed by atoms with van der Waals surface area (Å²) >= 11 is 0. The average Bonchev–Trinajstić information content (AvgIpc) is 2.83. The zero-order chi connectivity index (χ0) is 14.8. The lowest BCUT2D eigenvalue weighted by Gasteiger charge is -2.27. The van der Waals surface area contributed by atoms with Gasteiger partial charge >= 0.3 is 0 Å². The molecule has 1 aromatic rings. The van der Waals surface area contributed by atoms with Crippen molar-refractivity contribution in [2.24, 2.45) is 5.84 Å². The van der Waals surface area contributed by atoms with E-state index in [2.05, 4.69) is 34.1 Å². The monoisotopic (exact) mass is 290 g/mol. The highest BCUT2D eigenvalue weighted by Crippen LogP contribution is 2.26. The number of nitrogens with one attached hydrogen (secondary N) is 1. The van der Waals surface area contributed by atoms with E-state index < -0.39 is 0 Å². The SMILES string of the molecule is CC(C)c1nc(NN)cc(N2CCCN3CCCC3C2)n1. The molecule has 3 rings (SSSR count). The van der Waals surface area contributed by atoms with Crippen molar-refractivity contribution in [2.45, 2.75) is 45.1 Å². The maximum Gasteiger partial charge on any atom is 0.145 e. The maximum absolute atomic E-state index is 5.57. The molecule has 6 nitrogen and oxygen atoms in total. The minimum atomic E-state index is 0.298. The van der Waals surface area contributed by atoms with Crippen LogP contribution in [0.1, 0.15) is 44.9 Å². The fraction of sp³-hybridized carbons (Fsp3) is 0.733. The molecule has 1 atom stereocenters. The van der Waals surface area contributed by atoms with E-state index in [9.17, 15) is 0 Å². The van der Waals surface area contributed by atoms with E-state index in [1.165, 1.54) is 32.4 Å². The van der Waals surface area contributed by atoms with Gasteiger partial charge in [-0.05, 0) is 25.8 Å². The van der Waals surface area contributed by atoms with E-state index in [0.29, 0.717) is 17.8 Å². The van der Waals surface area contributed by atoms with Gasteiger partial charge in [-0.1, -0.05) is 13.8 Å². The van der Waals surface area contributed by atoms with Gasteiger partial charge in [0, 0.05) is 37.7 Å². The highest BCUT2D eigenvalue weighted by atomic mass is 15.3. The molecule has 2 fully saturated rings. The second-order valence-electron chi connectivity index (χ2n) is 6.40. The van der Waals surface area contributed by atoms with E-state index in [1.807, 2.05) is 6.07 Å². The van der Waals surface area contributed by atoms with Gasteiger partial charge in [0.25, 0.3) is 0 Å². The minimum Gasteiger partial charge on any atom is -0.355 e. The van der Waals surface area contributed by atoms with Gasteiger partial charge in [-0.15, -0.1) is 0 Å². The van der Waals surface area contributed by atoms with Crippen LogP contribution in [-0.4, -0.2) is 47.1 Å². The molecule has 1 unspecified atom stereocenters. The second kappa shape index (κ2) is 6.15. The smallest absolute Gasteiger partial charge is 0.145 e. The molecule has 116 valence electrons. The average molecular weight is 290 g/mol. The lowest BCUT2D eigenvalue weighted by molar-refractivity contribution is 0.273. The predicted molar refractivity (Wildman–Crippen MR) is 85.4 cm³/mol. The van der Waals surface area contributed by atoms with E-state index >= 15 is 0 Å². The number of anilines is 2. The molecule has 0 amide bonds. The summed E-state index contributed by atoms with van der Waals surface area (Å²) in [4.78, 5) is 14.3. The van der Waals surface area contributed by atoms with Crippen molar-refractivity contribution in [3.8, 4) is 0 Å². The summed E-state index contributed by atoms with van der Waals surface area (Å²) in [6.07, 6.45) is 3.83. The van der Waals surface area contributed by atoms with Gasteiger partial charge in [0.2, 0.25) is 0 Å². The highest BCUT2D eigenvalue weighted by Gasteiger charge is 2.29. The van der Waals surface area contributed by atoms with Crippen molar-refractivity contribution in [3.05, 3.63) is 11.9 Å². The summed E-state index contributed by atoms with van der Waals surface area (Å²) < 4.78 is 0. The van der Waals surface area contributed by atoms with Crippen molar-refractivity contribution in [1.29, 1.82) is 0 Å². The summed E-state index contributed by atoms with van der Waals surface area (Å²) in [5.74, 6) is 8.43. The quantitative estimate of drug-likeness (QED) is 0.650. The Kier molecular flexibility index (Phi) is 4.26. The summed E-state index contributed by atoms with van der Waals surface area (Å²) in [6, 6.07) is 2.65. The Morgan fingerprint density at radius 2 is 2.05 bits per heavy atom. The fourth-order valence-corrected chi connectivity index (χ4v) is 3.36. The van der Waals surface area contributed by atoms with Crippen LogP contribution < -0.4 is 16.2 Å². The zero-order valence-corrected chi connectivity index (χ0v) is 13.0. The van der Waals surface area contributed by atoms with Gasteiger partial charge in [-0.3, -0.25) is 4.90 Å². The minimum absolute atomic E-state index is 0.298. The Hall–Kier alpha value is -1.40. The predicted octanol–water partition coefficient (Wildman–Crippen LogP) is 1.56. The molecule has 3 heterocycles.